The molecule has 7 atom stereocenters. The maximum absolute atomic E-state index is 13.6. The first-order valence-electron chi connectivity index (χ1n) is 40.3. The van der Waals surface area contributed by atoms with Crippen LogP contribution in [-0.4, -0.2) is 255 Å². The molecule has 33 heteroatoms. The lowest BCUT2D eigenvalue weighted by molar-refractivity contribution is -0.135. The first kappa shape index (κ1) is 95.8. The van der Waals surface area contributed by atoms with E-state index in [0.717, 1.165) is 70.6 Å². The van der Waals surface area contributed by atoms with Crippen molar-refractivity contribution >= 4 is 75.6 Å². The van der Waals surface area contributed by atoms with Gasteiger partial charge in [-0.15, -0.1) is 0 Å². The molecule has 3 heterocycles. The van der Waals surface area contributed by atoms with Crippen molar-refractivity contribution in [2.24, 2.45) is 5.73 Å². The van der Waals surface area contributed by atoms with Gasteiger partial charge in [0.05, 0.1) is 31.6 Å². The molecule has 0 unspecified atom stereocenters. The van der Waals surface area contributed by atoms with Crippen LogP contribution >= 0.6 is 0 Å². The molecular weight excluding hydrogens is 1650 g/mol. The fraction of sp³-hybridized carbons (Fsp3) is 0.393. The van der Waals surface area contributed by atoms with E-state index in [0.29, 0.717) is 72.8 Å². The zero-order valence-electron chi connectivity index (χ0n) is 68.2. The van der Waals surface area contributed by atoms with Crippen LogP contribution in [0.5, 0.6) is 0 Å². The van der Waals surface area contributed by atoms with Crippen LogP contribution in [0.25, 0.3) is 33.4 Å². The summed E-state index contributed by atoms with van der Waals surface area (Å²) in [5, 5.41) is 21.2. The Labute approximate surface area is 715 Å². The Morgan fingerprint density at radius 2 is 0.689 bits per heavy atom. The summed E-state index contributed by atoms with van der Waals surface area (Å²) in [6.07, 6.45) is 8.58. The zero-order chi connectivity index (χ0) is 87.0. The van der Waals surface area contributed by atoms with E-state index < -0.39 is 64.2 Å². The molecular formula is C89H111F2N11O16S4. The lowest BCUT2D eigenvalue weighted by Gasteiger charge is -2.35. The highest BCUT2D eigenvalue weighted by Crippen LogP contribution is 2.41. The highest BCUT2D eigenvalue weighted by atomic mass is 32.2. The van der Waals surface area contributed by atoms with Crippen molar-refractivity contribution in [1.82, 2.24) is 48.9 Å². The van der Waals surface area contributed by atoms with Crippen LogP contribution in [0.3, 0.4) is 0 Å². The molecule has 2 aliphatic carbocycles. The van der Waals surface area contributed by atoms with Crippen molar-refractivity contribution in [1.29, 1.82) is 0 Å². The van der Waals surface area contributed by atoms with Gasteiger partial charge in [0.2, 0.25) is 47.8 Å². The van der Waals surface area contributed by atoms with E-state index in [4.69, 9.17) is 9.92 Å². The molecule has 0 bridgehead atoms. The fourth-order valence-electron chi connectivity index (χ4n) is 14.4. The van der Waals surface area contributed by atoms with Crippen molar-refractivity contribution in [2.75, 3.05) is 123 Å². The van der Waals surface area contributed by atoms with Gasteiger partial charge in [0.15, 0.2) is 0 Å². The van der Waals surface area contributed by atoms with Crippen LogP contribution in [0.1, 0.15) is 113 Å². The number of halogens is 2. The van der Waals surface area contributed by atoms with Gasteiger partial charge in [-0.2, -0.15) is 21.3 Å². The van der Waals surface area contributed by atoms with Crippen molar-refractivity contribution in [3.63, 3.8) is 0 Å². The standard InChI is InChI=1S/C32H37FN4O4S.C24H31N3O7S2.C23H29N3O5S.C9H10FN.CH4/c1-42(40,41)37-20-18-36(19-21-37)32(39)29(8-5-17-34-30-22-28(30)25-13-15-27(33)16-14-25)35-31(38)26-11-9-24(10-12-26)23-6-3-2-4-7-23;1-35(30,31)27-16-14-26(15-17-27)24(29)22(9-6-18-34-36(2,32)33)25-23(28)21-12-10-20(11-13-21)19-7-4-3-5-8-19;1-32(30,31)26-15-13-25(14-16-26)23(29)21(8-5-17-27)24-22(28)20-11-9-19(10-12-20)18-6-3-2-4-7-18;10-7-3-1-6(2-4-7)8-5-9(8)11;/h2-4,6-7,9-16,28-30,34H,5,8,17-22H2,1H3,(H,35,38);3-5,7-8,10-13,22H,6,9,14-18H2,1-2H3,(H,25,28);2-4,6-7,9-12,21,27H,5,8,13-17H2,1H3,(H,24,28);1-4,8-9H,5,11H2;1H4/t28-,29-,30+;22-;21-;8-,9+;/m0000./s1. The quantitative estimate of drug-likeness (QED) is 0.0181. The lowest BCUT2D eigenvalue weighted by Crippen LogP contribution is -2.55. The van der Waals surface area contributed by atoms with Gasteiger partial charge in [-0.1, -0.05) is 159 Å². The van der Waals surface area contributed by atoms with Crippen molar-refractivity contribution in [3.05, 3.63) is 252 Å². The maximum atomic E-state index is 13.6. The van der Waals surface area contributed by atoms with E-state index in [1.807, 2.05) is 152 Å². The third kappa shape index (κ3) is 29.3. The van der Waals surface area contributed by atoms with Crippen molar-refractivity contribution in [2.45, 2.75) is 101 Å². The number of hydrogen-bond donors (Lipinski definition) is 6. The Kier molecular flexibility index (Phi) is 35.2. The summed E-state index contributed by atoms with van der Waals surface area (Å²) in [6.45, 7) is 3.23. The van der Waals surface area contributed by atoms with Crippen LogP contribution in [0, 0.1) is 11.6 Å². The van der Waals surface area contributed by atoms with Gasteiger partial charge in [-0.3, -0.25) is 33.0 Å². The highest BCUT2D eigenvalue weighted by Gasteiger charge is 2.39. The van der Waals surface area contributed by atoms with Gasteiger partial charge < -0.3 is 46.8 Å². The zero-order valence-corrected chi connectivity index (χ0v) is 71.5. The van der Waals surface area contributed by atoms with E-state index >= 15 is 0 Å². The van der Waals surface area contributed by atoms with Crippen LogP contribution in [-0.2, 0) is 58.8 Å². The third-order valence-corrected chi connectivity index (χ3v) is 26.0. The molecule has 0 spiro atoms. The normalized spacial score (nSPS) is 18.2. The van der Waals surface area contributed by atoms with E-state index in [-0.39, 0.29) is 153 Å². The van der Waals surface area contributed by atoms with E-state index in [9.17, 15) is 76.3 Å². The number of piperazine rings is 3. The topological polar surface area (TPSA) is 362 Å². The first-order valence-corrected chi connectivity index (χ1v) is 47.6. The Balaban J connectivity index is 0.000000195. The van der Waals surface area contributed by atoms with Crippen LogP contribution in [0.4, 0.5) is 8.78 Å². The molecule has 8 aromatic carbocycles. The Hall–Kier alpha value is -10.0. The molecule has 0 radical (unpaired) electrons. The second kappa shape index (κ2) is 44.8. The summed E-state index contributed by atoms with van der Waals surface area (Å²) in [6, 6.07) is 62.2. The highest BCUT2D eigenvalue weighted by molar-refractivity contribution is 7.88. The number of carbonyl (C=O) groups is 6. The number of sulfonamides is 3. The molecule has 122 heavy (non-hydrogen) atoms. The van der Waals surface area contributed by atoms with Crippen LogP contribution < -0.4 is 27.0 Å². The van der Waals surface area contributed by atoms with Gasteiger partial charge in [0.1, 0.15) is 29.8 Å². The summed E-state index contributed by atoms with van der Waals surface area (Å²) in [5.41, 5.74) is 15.2. The minimum Gasteiger partial charge on any atom is -0.396 e. The predicted octanol–water partition coefficient (Wildman–Crippen LogP) is 8.54. The molecule has 5 fully saturated rings. The van der Waals surface area contributed by atoms with Crippen LogP contribution in [0.15, 0.2) is 212 Å². The van der Waals surface area contributed by atoms with E-state index in [2.05, 4.69) is 21.3 Å². The van der Waals surface area contributed by atoms with Gasteiger partial charge in [-0.05, 0) is 163 Å². The smallest absolute Gasteiger partial charge is 0.264 e. The molecule has 8 aromatic rings. The maximum Gasteiger partial charge on any atom is 0.264 e. The fourth-order valence-corrected chi connectivity index (χ4v) is 17.3. The molecule has 6 amide bonds. The molecule has 3 aliphatic heterocycles. The number of carbonyl (C=O) groups excluding carboxylic acids is 6. The van der Waals surface area contributed by atoms with E-state index in [1.165, 1.54) is 53.9 Å². The predicted molar refractivity (Wildman–Crippen MR) is 468 cm³/mol. The lowest BCUT2D eigenvalue weighted by atomic mass is 10.0. The molecule has 2 saturated carbocycles. The Morgan fingerprint density at radius 3 is 0.975 bits per heavy atom. The summed E-state index contributed by atoms with van der Waals surface area (Å²) >= 11 is 0. The van der Waals surface area contributed by atoms with Gasteiger partial charge >= 0.3 is 0 Å². The van der Waals surface area contributed by atoms with Crippen molar-refractivity contribution in [3.8, 4) is 33.4 Å². The van der Waals surface area contributed by atoms with Gasteiger partial charge in [-0.25, -0.2) is 34.0 Å². The molecule has 3 saturated heterocycles. The number of aliphatic hydroxyl groups excluding tert-OH is 1. The summed E-state index contributed by atoms with van der Waals surface area (Å²) < 4.78 is 128. The van der Waals surface area contributed by atoms with E-state index in [1.54, 1.807) is 46.2 Å². The van der Waals surface area contributed by atoms with Gasteiger partial charge in [0.25, 0.3) is 27.8 Å². The molecule has 27 nitrogen and oxygen atoms in total. The SMILES string of the molecule is C.CS(=O)(=O)N1CCN(C(=O)[C@H](CCCN[C@@H]2C[C@H]2c2ccc(F)cc2)NC(=O)c2ccc(-c3ccccc3)cc2)CC1.CS(=O)(=O)N1CCN(C(=O)[C@H](CCCO)NC(=O)c2ccc(-c3ccccc3)cc2)CC1.CS(=O)(=O)OCCC[C@H](NC(=O)c1ccc(-c2ccccc2)cc1)C(=O)N1CCN(S(C)(=O)=O)CC1.N[C@@H]1C[C@H]1c1ccc(F)cc1. The molecule has 7 N–H and O–H groups in total. The largest absolute Gasteiger partial charge is 0.396 e. The number of rotatable bonds is 30. The average molecular weight is 1760 g/mol. The van der Waals surface area contributed by atoms with Crippen LogP contribution in [0.2, 0.25) is 0 Å². The number of aliphatic hydroxyl groups is 1. The number of amides is 6. The number of benzene rings is 8. The summed E-state index contributed by atoms with van der Waals surface area (Å²) in [7, 11) is -13.6. The molecule has 13 rings (SSSR count). The van der Waals surface area contributed by atoms with Crippen molar-refractivity contribution < 1.29 is 80.5 Å². The van der Waals surface area contributed by atoms with Gasteiger partial charge in [0, 0.05) is 126 Å². The Morgan fingerprint density at radius 1 is 0.402 bits per heavy atom. The summed E-state index contributed by atoms with van der Waals surface area (Å²) in [5.74, 6) is -1.53. The number of nitrogens with two attached hydrogens (primary N) is 1. The first-order chi connectivity index (χ1) is 57.7. The third-order valence-electron chi connectivity index (χ3n) is 21.5. The second-order valence-electron chi connectivity index (χ2n) is 30.6. The monoisotopic (exact) mass is 1760 g/mol. The minimum atomic E-state index is -3.62. The Bertz CT molecular complexity index is 5240. The second-order valence-corrected chi connectivity index (χ2v) is 38.1. The average Bonchev–Trinajstić information content (AvgIpc) is 1.60. The molecule has 0 aromatic heterocycles. The number of hydrogen-bond acceptors (Lipinski definition) is 18. The minimum absolute atomic E-state index is 0. The number of nitrogens with one attached hydrogen (secondary N) is 4. The molecule has 656 valence electrons. The summed E-state index contributed by atoms with van der Waals surface area (Å²) in [4.78, 5) is 83.6. The number of nitrogens with zero attached hydrogens (tertiary/aromatic N) is 6. The molecule has 5 aliphatic rings.